The van der Waals surface area contributed by atoms with Crippen molar-refractivity contribution in [3.8, 4) is 6.07 Å². The average Bonchev–Trinajstić information content (AvgIpc) is 3.16. The monoisotopic (exact) mass is 784 g/mol. The number of nitrogens with zero attached hydrogens (tertiary/aromatic N) is 6. The first-order valence-corrected chi connectivity index (χ1v) is 19.2. The van der Waals surface area contributed by atoms with E-state index < -0.39 is 28.8 Å². The molecule has 1 unspecified atom stereocenters. The van der Waals surface area contributed by atoms with Crippen LogP contribution < -0.4 is 15.5 Å². The maximum Gasteiger partial charge on any atom is 0.417 e. The van der Waals surface area contributed by atoms with Crippen LogP contribution in [0.15, 0.2) is 36.5 Å². The fourth-order valence-electron chi connectivity index (χ4n) is 7.30. The van der Waals surface area contributed by atoms with Gasteiger partial charge < -0.3 is 20.0 Å². The number of amides is 4. The molecule has 1 saturated carbocycles. The molecule has 2 saturated heterocycles. The van der Waals surface area contributed by atoms with Crippen LogP contribution in [0.2, 0.25) is 0 Å². The van der Waals surface area contributed by atoms with E-state index >= 15 is 0 Å². The van der Waals surface area contributed by atoms with Crippen molar-refractivity contribution in [2.75, 3.05) is 56.5 Å². The molecule has 1 atom stereocenters. The molecule has 3 aliphatic rings. The minimum absolute atomic E-state index is 0.0607. The van der Waals surface area contributed by atoms with E-state index in [1.54, 1.807) is 38.2 Å². The molecule has 2 N–H and O–H groups in total. The molecule has 0 bridgehead atoms. The van der Waals surface area contributed by atoms with Gasteiger partial charge in [-0.1, -0.05) is 38.4 Å². The molecule has 12 nitrogen and oxygen atoms in total. The highest BCUT2D eigenvalue weighted by Crippen LogP contribution is 2.35. The van der Waals surface area contributed by atoms with Gasteiger partial charge in [0.25, 0.3) is 5.91 Å². The van der Waals surface area contributed by atoms with E-state index in [0.717, 1.165) is 83.4 Å². The summed E-state index contributed by atoms with van der Waals surface area (Å²) in [6.07, 6.45) is 3.98. The third-order valence-corrected chi connectivity index (χ3v) is 10.6. The number of piperidine rings is 1. The second-order valence-corrected chi connectivity index (χ2v) is 14.9. The molecular weight excluding hydrogens is 734 g/mol. The maximum atomic E-state index is 13.3. The van der Waals surface area contributed by atoms with Crippen molar-refractivity contribution in [3.05, 3.63) is 53.3 Å². The first-order chi connectivity index (χ1) is 26.1. The molecule has 1 aliphatic carbocycles. The third kappa shape index (κ3) is 11.5. The van der Waals surface area contributed by atoms with Crippen LogP contribution in [0, 0.1) is 11.3 Å². The largest absolute Gasteiger partial charge is 0.417 e. The van der Waals surface area contributed by atoms with Gasteiger partial charge in [0.2, 0.25) is 17.7 Å². The highest BCUT2D eigenvalue weighted by atomic mass is 32.1. The summed E-state index contributed by atoms with van der Waals surface area (Å²) in [4.78, 5) is 60.5. The fourth-order valence-corrected chi connectivity index (χ4v) is 7.73. The SMILES string of the molecule is CCCN1CCN(CC(=O)Nc2ccc(C3CCC(=O)NC3=O)nc2)CC1.CN(C(=O)C(C)(C)N(C=S)C1CCCCC1)c1ccc(C#N)c(C(F)(F)F)c1. The van der Waals surface area contributed by atoms with Gasteiger partial charge in [-0.05, 0) is 76.4 Å². The molecule has 16 heteroatoms. The summed E-state index contributed by atoms with van der Waals surface area (Å²) in [7, 11) is 1.44. The van der Waals surface area contributed by atoms with Crippen molar-refractivity contribution in [3.63, 3.8) is 0 Å². The van der Waals surface area contributed by atoms with Crippen LogP contribution in [0.3, 0.4) is 0 Å². The summed E-state index contributed by atoms with van der Waals surface area (Å²) >= 11 is 5.17. The zero-order valence-corrected chi connectivity index (χ0v) is 32.8. The predicted octanol–water partition coefficient (Wildman–Crippen LogP) is 5.48. The van der Waals surface area contributed by atoms with Gasteiger partial charge in [-0.25, -0.2) is 0 Å². The number of piperazine rings is 1. The smallest absolute Gasteiger partial charge is 0.352 e. The standard InChI is InChI=1S/C20H24F3N3OS.C19H27N5O3/c1-19(2,26(13-28)15-7-5-4-6-8-15)18(27)25(3)16-10-9-14(12-24)17(11-16)20(21,22)23;1-2-7-23-8-10-24(11-9-23)13-18(26)21-14-3-5-16(20-12-14)15-4-6-17(25)22-19(15)27/h9-11,13,15H,4-8H2,1-3H3;3,5,12,15H,2,4,6-11,13H2,1H3,(H,21,26)(H,22,25,27). The molecule has 2 aliphatic heterocycles. The number of likely N-dealkylation sites (N-methyl/N-ethyl adjacent to an activating group) is 1. The summed E-state index contributed by atoms with van der Waals surface area (Å²) in [5, 5.41) is 14.1. The van der Waals surface area contributed by atoms with Gasteiger partial charge in [-0.15, -0.1) is 0 Å². The number of carbonyl (C=O) groups excluding carboxylic acids is 4. The van der Waals surface area contributed by atoms with Gasteiger partial charge in [0.15, 0.2) is 0 Å². The number of alkyl halides is 3. The lowest BCUT2D eigenvalue weighted by molar-refractivity contribution is -0.138. The van der Waals surface area contributed by atoms with Crippen LogP contribution in [-0.2, 0) is 25.4 Å². The Hall–Kier alpha value is -4.46. The van der Waals surface area contributed by atoms with E-state index in [1.807, 2.05) is 4.90 Å². The molecule has 4 amide bonds. The van der Waals surface area contributed by atoms with Crippen LogP contribution in [0.1, 0.15) is 94.9 Å². The van der Waals surface area contributed by atoms with Gasteiger partial charge in [0.05, 0.1) is 52.7 Å². The molecule has 1 aromatic heterocycles. The van der Waals surface area contributed by atoms with Gasteiger partial charge in [-0.2, -0.15) is 18.4 Å². The quantitative estimate of drug-likeness (QED) is 0.222. The molecule has 1 aromatic carbocycles. The van der Waals surface area contributed by atoms with Crippen molar-refractivity contribution < 1.29 is 32.3 Å². The van der Waals surface area contributed by atoms with E-state index in [9.17, 15) is 32.3 Å². The number of rotatable bonds is 11. The highest BCUT2D eigenvalue weighted by molar-refractivity contribution is 7.78. The minimum atomic E-state index is -4.68. The van der Waals surface area contributed by atoms with Crippen molar-refractivity contribution >= 4 is 52.7 Å². The van der Waals surface area contributed by atoms with Crippen molar-refractivity contribution in [1.82, 2.24) is 25.0 Å². The Balaban J connectivity index is 0.000000245. The second-order valence-electron chi connectivity index (χ2n) is 14.7. The van der Waals surface area contributed by atoms with Gasteiger partial charge in [0.1, 0.15) is 5.54 Å². The number of carbonyl (C=O) groups is 4. The van der Waals surface area contributed by atoms with Gasteiger partial charge >= 0.3 is 6.18 Å². The summed E-state index contributed by atoms with van der Waals surface area (Å²) < 4.78 is 39.8. The number of benzene rings is 1. The summed E-state index contributed by atoms with van der Waals surface area (Å²) in [6.45, 7) is 10.9. The van der Waals surface area contributed by atoms with Crippen LogP contribution in [0.25, 0.3) is 0 Å². The molecule has 0 radical (unpaired) electrons. The Morgan fingerprint density at radius 1 is 1.05 bits per heavy atom. The number of aromatic nitrogens is 1. The van der Waals surface area contributed by atoms with Crippen LogP contribution in [-0.4, -0.2) is 107 Å². The zero-order valence-electron chi connectivity index (χ0n) is 32.0. The lowest BCUT2D eigenvalue weighted by Gasteiger charge is -2.44. The number of hydrogen-bond acceptors (Lipinski definition) is 9. The van der Waals surface area contributed by atoms with Crippen LogP contribution >= 0.6 is 12.2 Å². The van der Waals surface area contributed by atoms with E-state index in [-0.39, 0.29) is 35.4 Å². The van der Waals surface area contributed by atoms with E-state index in [0.29, 0.717) is 30.8 Å². The van der Waals surface area contributed by atoms with Crippen LogP contribution in [0.5, 0.6) is 0 Å². The van der Waals surface area contributed by atoms with E-state index in [4.69, 9.17) is 17.5 Å². The Kier molecular flexibility index (Phi) is 15.3. The normalized spacial score (nSPS) is 18.6. The Labute approximate surface area is 326 Å². The predicted molar refractivity (Wildman–Crippen MR) is 207 cm³/mol. The first kappa shape index (κ1) is 43.3. The molecule has 5 rings (SSSR count). The topological polar surface area (TPSA) is 142 Å². The Morgan fingerprint density at radius 3 is 2.29 bits per heavy atom. The fraction of sp³-hybridized carbons (Fsp3) is 0.564. The van der Waals surface area contributed by atoms with Gasteiger partial charge in [-0.3, -0.25) is 34.4 Å². The number of halogens is 3. The number of nitriles is 1. The van der Waals surface area contributed by atoms with Gasteiger partial charge in [0, 0.05) is 51.4 Å². The Morgan fingerprint density at radius 2 is 1.73 bits per heavy atom. The van der Waals surface area contributed by atoms with Crippen molar-refractivity contribution in [2.45, 2.75) is 95.8 Å². The summed E-state index contributed by atoms with van der Waals surface area (Å²) in [5.41, 5.74) is 0.262. The summed E-state index contributed by atoms with van der Waals surface area (Å²) in [5.74, 6) is -1.38. The van der Waals surface area contributed by atoms with Crippen molar-refractivity contribution in [1.29, 1.82) is 5.26 Å². The molecule has 2 aromatic rings. The third-order valence-electron chi connectivity index (χ3n) is 10.4. The number of imide groups is 1. The average molecular weight is 785 g/mol. The molecule has 55 heavy (non-hydrogen) atoms. The zero-order chi connectivity index (χ0) is 40.3. The maximum absolute atomic E-state index is 13.3. The molecule has 0 spiro atoms. The minimum Gasteiger partial charge on any atom is -0.352 e. The number of nitrogens with one attached hydrogen (secondary N) is 2. The first-order valence-electron chi connectivity index (χ1n) is 18.8. The number of anilines is 2. The second kappa shape index (κ2) is 19.4. The molecule has 298 valence electrons. The Bertz CT molecular complexity index is 1720. The van der Waals surface area contributed by atoms with E-state index in [1.165, 1.54) is 23.5 Å². The number of hydrogen-bond donors (Lipinski definition) is 2. The molecule has 3 heterocycles. The lowest BCUT2D eigenvalue weighted by Crippen LogP contribution is -2.58. The highest BCUT2D eigenvalue weighted by Gasteiger charge is 2.41. The number of pyridine rings is 1. The van der Waals surface area contributed by atoms with E-state index in [2.05, 4.69) is 32.3 Å². The molecule has 3 fully saturated rings. The van der Waals surface area contributed by atoms with Crippen molar-refractivity contribution in [2.24, 2.45) is 0 Å². The lowest BCUT2D eigenvalue weighted by atomic mass is 9.90. The summed E-state index contributed by atoms with van der Waals surface area (Å²) in [6, 6.07) is 8.46. The molecular formula is C39H51F3N8O4S. The number of thiocarbonyl (C=S) groups is 1. The van der Waals surface area contributed by atoms with Crippen LogP contribution in [0.4, 0.5) is 24.5 Å².